The van der Waals surface area contributed by atoms with Gasteiger partial charge in [-0.3, -0.25) is 5.43 Å². The van der Waals surface area contributed by atoms with Crippen molar-refractivity contribution in [2.45, 2.75) is 13.8 Å². The van der Waals surface area contributed by atoms with E-state index >= 15 is 0 Å². The Morgan fingerprint density at radius 1 is 1.29 bits per heavy atom. The van der Waals surface area contributed by atoms with Crippen LogP contribution >= 0.6 is 11.3 Å². The minimum Gasteiger partial charge on any atom is -0.383 e. The number of benzene rings is 2. The summed E-state index contributed by atoms with van der Waals surface area (Å²) in [5.41, 5.74) is 14.4. The molecule has 0 bridgehead atoms. The highest BCUT2D eigenvalue weighted by Gasteiger charge is 2.11. The standard InChI is InChI=1S/C18H17N5S/c1-10-7-12(8-20-23-18-22-15(19)9-24-18)11(2)16-13-5-3-4-6-14(13)21-17(10)16/h3-9,21H,19H2,1-2H3,(H,22,23). The number of aromatic nitrogens is 2. The molecule has 4 rings (SSSR count). The van der Waals surface area contributed by atoms with E-state index in [2.05, 4.69) is 58.6 Å². The predicted octanol–water partition coefficient (Wildman–Crippen LogP) is 4.42. The number of nitrogen functional groups attached to an aromatic ring is 1. The van der Waals surface area contributed by atoms with Gasteiger partial charge in [0.25, 0.3) is 0 Å². The molecule has 2 heterocycles. The molecule has 0 aliphatic carbocycles. The van der Waals surface area contributed by atoms with Gasteiger partial charge >= 0.3 is 0 Å². The molecule has 0 spiro atoms. The van der Waals surface area contributed by atoms with Crippen molar-refractivity contribution < 1.29 is 0 Å². The molecule has 0 atom stereocenters. The number of H-pyrrole nitrogens is 1. The molecule has 0 saturated carbocycles. The highest BCUT2D eigenvalue weighted by Crippen LogP contribution is 2.31. The van der Waals surface area contributed by atoms with Crippen LogP contribution in [0.2, 0.25) is 0 Å². The van der Waals surface area contributed by atoms with Crippen LogP contribution in [0.25, 0.3) is 21.8 Å². The van der Waals surface area contributed by atoms with Crippen molar-refractivity contribution in [3.8, 4) is 0 Å². The minimum atomic E-state index is 0.505. The molecule has 0 aliphatic rings. The van der Waals surface area contributed by atoms with E-state index in [1.165, 1.54) is 38.8 Å². The van der Waals surface area contributed by atoms with Crippen molar-refractivity contribution in [2.24, 2.45) is 5.10 Å². The Balaban J connectivity index is 1.78. The number of aromatic amines is 1. The second kappa shape index (κ2) is 5.65. The predicted molar refractivity (Wildman–Crippen MR) is 103 cm³/mol. The molecule has 4 aromatic rings. The van der Waals surface area contributed by atoms with E-state index in [1.807, 2.05) is 12.3 Å². The van der Waals surface area contributed by atoms with E-state index in [-0.39, 0.29) is 0 Å². The van der Waals surface area contributed by atoms with Gasteiger partial charge in [0.05, 0.1) is 6.21 Å². The molecular formula is C18H17N5S. The number of nitrogens with one attached hydrogen (secondary N) is 2. The van der Waals surface area contributed by atoms with Crippen LogP contribution in [0.5, 0.6) is 0 Å². The Morgan fingerprint density at radius 3 is 2.92 bits per heavy atom. The number of hydrogen-bond donors (Lipinski definition) is 3. The highest BCUT2D eigenvalue weighted by atomic mass is 32.1. The summed E-state index contributed by atoms with van der Waals surface area (Å²) in [4.78, 5) is 7.65. The fraction of sp³-hybridized carbons (Fsp3) is 0.111. The maximum absolute atomic E-state index is 5.61. The number of nitrogens with zero attached hydrogens (tertiary/aromatic N) is 2. The van der Waals surface area contributed by atoms with Crippen LogP contribution < -0.4 is 11.2 Å². The average Bonchev–Trinajstić information content (AvgIpc) is 3.16. The van der Waals surface area contributed by atoms with Crippen molar-refractivity contribution in [3.05, 3.63) is 52.4 Å². The zero-order valence-corrected chi connectivity index (χ0v) is 14.2. The van der Waals surface area contributed by atoms with Crippen molar-refractivity contribution in [2.75, 3.05) is 11.2 Å². The van der Waals surface area contributed by atoms with E-state index in [9.17, 15) is 0 Å². The fourth-order valence-corrected chi connectivity index (χ4v) is 3.56. The normalized spacial score (nSPS) is 11.8. The molecule has 0 radical (unpaired) electrons. The van der Waals surface area contributed by atoms with Gasteiger partial charge in [0, 0.05) is 27.2 Å². The van der Waals surface area contributed by atoms with Gasteiger partial charge in [0.1, 0.15) is 5.82 Å². The Morgan fingerprint density at radius 2 is 2.12 bits per heavy atom. The molecule has 6 heteroatoms. The van der Waals surface area contributed by atoms with Gasteiger partial charge in [0.2, 0.25) is 5.13 Å². The SMILES string of the molecule is Cc1cc(C=NNc2nc(N)cs2)c(C)c2c1[nH]c1ccccc12. The third-order valence-electron chi connectivity index (χ3n) is 4.17. The number of aryl methyl sites for hydroxylation is 2. The molecule has 0 fully saturated rings. The summed E-state index contributed by atoms with van der Waals surface area (Å²) in [6.07, 6.45) is 1.83. The van der Waals surface area contributed by atoms with Crippen LogP contribution in [-0.4, -0.2) is 16.2 Å². The van der Waals surface area contributed by atoms with Crippen LogP contribution in [0.4, 0.5) is 10.9 Å². The molecule has 0 aliphatic heterocycles. The zero-order valence-electron chi connectivity index (χ0n) is 13.4. The molecule has 2 aromatic carbocycles. The molecule has 5 nitrogen and oxygen atoms in total. The Hall–Kier alpha value is -2.86. The Labute approximate surface area is 143 Å². The van der Waals surface area contributed by atoms with E-state index < -0.39 is 0 Å². The molecule has 0 amide bonds. The highest BCUT2D eigenvalue weighted by molar-refractivity contribution is 7.14. The third kappa shape index (κ3) is 2.41. The van der Waals surface area contributed by atoms with Crippen molar-refractivity contribution in [3.63, 3.8) is 0 Å². The molecule has 0 saturated heterocycles. The van der Waals surface area contributed by atoms with Gasteiger partial charge in [-0.15, -0.1) is 11.3 Å². The van der Waals surface area contributed by atoms with Crippen molar-refractivity contribution in [1.82, 2.24) is 9.97 Å². The number of anilines is 2. The lowest BCUT2D eigenvalue weighted by molar-refractivity contribution is 1.29. The van der Waals surface area contributed by atoms with Crippen LogP contribution in [-0.2, 0) is 0 Å². The van der Waals surface area contributed by atoms with Crippen molar-refractivity contribution >= 4 is 50.3 Å². The number of nitrogens with two attached hydrogens (primary N) is 1. The Kier molecular flexibility index (Phi) is 3.46. The number of fused-ring (bicyclic) bond motifs is 3. The van der Waals surface area contributed by atoms with Gasteiger partial charge in [0.15, 0.2) is 0 Å². The van der Waals surface area contributed by atoms with Gasteiger partial charge in [-0.25, -0.2) is 4.98 Å². The molecule has 4 N–H and O–H groups in total. The second-order valence-electron chi connectivity index (χ2n) is 5.78. The zero-order chi connectivity index (χ0) is 16.7. The van der Waals surface area contributed by atoms with E-state index in [1.54, 1.807) is 5.38 Å². The van der Waals surface area contributed by atoms with E-state index in [0.29, 0.717) is 10.9 Å². The first kappa shape index (κ1) is 14.7. The van der Waals surface area contributed by atoms with Crippen LogP contribution in [0.1, 0.15) is 16.7 Å². The van der Waals surface area contributed by atoms with E-state index in [0.717, 1.165) is 11.1 Å². The smallest absolute Gasteiger partial charge is 0.205 e. The molecule has 120 valence electrons. The second-order valence-corrected chi connectivity index (χ2v) is 6.63. The van der Waals surface area contributed by atoms with Crippen LogP contribution in [0.15, 0.2) is 40.8 Å². The van der Waals surface area contributed by atoms with E-state index in [4.69, 9.17) is 5.73 Å². The quantitative estimate of drug-likeness (QED) is 0.383. The lowest BCUT2D eigenvalue weighted by Gasteiger charge is -2.06. The number of para-hydroxylation sites is 1. The molecule has 2 aromatic heterocycles. The monoisotopic (exact) mass is 335 g/mol. The maximum Gasteiger partial charge on any atom is 0.205 e. The Bertz CT molecular complexity index is 1070. The van der Waals surface area contributed by atoms with Crippen LogP contribution in [0, 0.1) is 13.8 Å². The molecule has 0 unspecified atom stereocenters. The number of thiazole rings is 1. The van der Waals surface area contributed by atoms with Gasteiger partial charge in [-0.05, 0) is 42.7 Å². The summed E-state index contributed by atoms with van der Waals surface area (Å²) < 4.78 is 0. The minimum absolute atomic E-state index is 0.505. The topological polar surface area (TPSA) is 79.1 Å². The number of hydrazone groups is 1. The van der Waals surface area contributed by atoms with Crippen LogP contribution in [0.3, 0.4) is 0 Å². The van der Waals surface area contributed by atoms with Crippen molar-refractivity contribution in [1.29, 1.82) is 0 Å². The lowest BCUT2D eigenvalue weighted by Crippen LogP contribution is -1.95. The summed E-state index contributed by atoms with van der Waals surface area (Å²) in [7, 11) is 0. The van der Waals surface area contributed by atoms with Gasteiger partial charge < -0.3 is 10.7 Å². The average molecular weight is 335 g/mol. The number of hydrogen-bond acceptors (Lipinski definition) is 5. The molecule has 24 heavy (non-hydrogen) atoms. The summed E-state index contributed by atoms with van der Waals surface area (Å²) in [5.74, 6) is 0.505. The number of rotatable bonds is 3. The third-order valence-corrected chi connectivity index (χ3v) is 4.93. The first-order valence-electron chi connectivity index (χ1n) is 7.64. The summed E-state index contributed by atoms with van der Waals surface area (Å²) >= 11 is 1.43. The summed E-state index contributed by atoms with van der Waals surface area (Å²) in [6.45, 7) is 4.24. The van der Waals surface area contributed by atoms with Gasteiger partial charge in [-0.1, -0.05) is 18.2 Å². The van der Waals surface area contributed by atoms with Gasteiger partial charge in [-0.2, -0.15) is 5.10 Å². The lowest BCUT2D eigenvalue weighted by atomic mass is 9.99. The largest absolute Gasteiger partial charge is 0.383 e. The fourth-order valence-electron chi connectivity index (χ4n) is 3.01. The molecular weight excluding hydrogens is 318 g/mol. The summed E-state index contributed by atoms with van der Waals surface area (Å²) in [6, 6.07) is 10.5. The first-order valence-corrected chi connectivity index (χ1v) is 8.52. The maximum atomic E-state index is 5.61. The first-order chi connectivity index (χ1) is 11.6. The summed E-state index contributed by atoms with van der Waals surface area (Å²) in [5, 5.41) is 9.27.